The maximum atomic E-state index is 11.3. The summed E-state index contributed by atoms with van der Waals surface area (Å²) in [4.78, 5) is 11.3. The van der Waals surface area contributed by atoms with Crippen LogP contribution in [0.2, 0.25) is 0 Å². The van der Waals surface area contributed by atoms with Gasteiger partial charge in [-0.3, -0.25) is 5.41 Å². The first kappa shape index (κ1) is 11.5. The fourth-order valence-electron chi connectivity index (χ4n) is 1.12. The van der Waals surface area contributed by atoms with Crippen LogP contribution < -0.4 is 11.5 Å². The van der Waals surface area contributed by atoms with Crippen molar-refractivity contribution in [2.24, 2.45) is 5.73 Å². The topological polar surface area (TPSA) is 102 Å². The zero-order chi connectivity index (χ0) is 11.6. The van der Waals surface area contributed by atoms with E-state index in [-0.39, 0.29) is 17.1 Å². The van der Waals surface area contributed by atoms with Gasteiger partial charge in [0.1, 0.15) is 5.84 Å². The van der Waals surface area contributed by atoms with Gasteiger partial charge in [-0.1, -0.05) is 15.9 Å². The van der Waals surface area contributed by atoms with Gasteiger partial charge in [0.2, 0.25) is 0 Å². The minimum absolute atomic E-state index is 0.151. The van der Waals surface area contributed by atoms with Crippen molar-refractivity contribution in [2.45, 2.75) is 0 Å². The Kier molecular flexibility index (Phi) is 3.31. The zero-order valence-electron chi connectivity index (χ0n) is 8.00. The molecular formula is C9H10BrN3O2. The Bertz CT molecular complexity index is 432. The number of anilines is 1. The Morgan fingerprint density at radius 3 is 2.47 bits per heavy atom. The van der Waals surface area contributed by atoms with Gasteiger partial charge in [0, 0.05) is 10.0 Å². The second-order valence-corrected chi connectivity index (χ2v) is 3.74. The number of rotatable bonds is 2. The van der Waals surface area contributed by atoms with Crippen LogP contribution in [0.5, 0.6) is 0 Å². The Morgan fingerprint density at radius 2 is 2.00 bits per heavy atom. The van der Waals surface area contributed by atoms with Crippen molar-refractivity contribution in [3.8, 4) is 0 Å². The Morgan fingerprint density at radius 1 is 1.47 bits per heavy atom. The Labute approximate surface area is 95.0 Å². The number of benzene rings is 1. The second kappa shape index (κ2) is 4.31. The molecule has 1 rings (SSSR count). The summed E-state index contributed by atoms with van der Waals surface area (Å²) in [5.41, 5.74) is 11.7. The quantitative estimate of drug-likeness (QED) is 0.324. The molecule has 0 aliphatic carbocycles. The van der Waals surface area contributed by atoms with Crippen molar-refractivity contribution in [3.63, 3.8) is 0 Å². The van der Waals surface area contributed by atoms with E-state index in [9.17, 15) is 4.79 Å². The first-order valence-electron chi connectivity index (χ1n) is 3.99. The summed E-state index contributed by atoms with van der Waals surface area (Å²) in [6, 6.07) is 3.09. The van der Waals surface area contributed by atoms with Crippen LogP contribution in [0.3, 0.4) is 0 Å². The molecule has 0 spiro atoms. The van der Waals surface area contributed by atoms with E-state index in [1.54, 1.807) is 6.07 Å². The predicted octanol–water partition coefficient (Wildman–Crippen LogP) is 1.10. The molecule has 5 N–H and O–H groups in total. The average molecular weight is 272 g/mol. The smallest absolute Gasteiger partial charge is 0.340 e. The molecule has 0 heterocycles. The molecule has 0 aromatic heterocycles. The monoisotopic (exact) mass is 271 g/mol. The number of carbonyl (C=O) groups is 1. The average Bonchev–Trinajstić information content (AvgIpc) is 2.19. The lowest BCUT2D eigenvalue weighted by atomic mass is 10.1. The summed E-state index contributed by atoms with van der Waals surface area (Å²) >= 11 is 3.20. The number of nitrogen functional groups attached to an aromatic ring is 2. The van der Waals surface area contributed by atoms with Crippen LogP contribution >= 0.6 is 15.9 Å². The van der Waals surface area contributed by atoms with Crippen LogP contribution in [-0.2, 0) is 4.74 Å². The number of nitrogens with one attached hydrogen (secondary N) is 1. The van der Waals surface area contributed by atoms with Gasteiger partial charge in [-0.05, 0) is 12.1 Å². The molecule has 80 valence electrons. The summed E-state index contributed by atoms with van der Waals surface area (Å²) in [7, 11) is 1.26. The van der Waals surface area contributed by atoms with E-state index < -0.39 is 5.97 Å². The summed E-state index contributed by atoms with van der Waals surface area (Å²) in [5.74, 6) is -0.754. The number of amidine groups is 1. The van der Waals surface area contributed by atoms with Crippen LogP contribution in [0.1, 0.15) is 15.9 Å². The van der Waals surface area contributed by atoms with Crippen LogP contribution in [0.15, 0.2) is 16.6 Å². The summed E-state index contributed by atoms with van der Waals surface area (Å²) < 4.78 is 5.17. The van der Waals surface area contributed by atoms with Gasteiger partial charge < -0.3 is 16.2 Å². The lowest BCUT2D eigenvalue weighted by molar-refractivity contribution is 0.0602. The van der Waals surface area contributed by atoms with Crippen LogP contribution in [-0.4, -0.2) is 18.9 Å². The van der Waals surface area contributed by atoms with Crippen molar-refractivity contribution in [1.82, 2.24) is 0 Å². The molecule has 0 fully saturated rings. The normalized spacial score (nSPS) is 9.73. The van der Waals surface area contributed by atoms with Crippen LogP contribution in [0.25, 0.3) is 0 Å². The summed E-state index contributed by atoms with van der Waals surface area (Å²) in [5, 5.41) is 7.29. The zero-order valence-corrected chi connectivity index (χ0v) is 9.59. The van der Waals surface area contributed by atoms with Gasteiger partial charge in [-0.25, -0.2) is 4.79 Å². The lowest BCUT2D eigenvalue weighted by Crippen LogP contribution is -2.16. The lowest BCUT2D eigenvalue weighted by Gasteiger charge is -2.09. The van der Waals surface area contributed by atoms with E-state index in [0.29, 0.717) is 10.0 Å². The molecule has 0 saturated carbocycles. The van der Waals surface area contributed by atoms with E-state index >= 15 is 0 Å². The van der Waals surface area contributed by atoms with E-state index in [2.05, 4.69) is 20.7 Å². The minimum Gasteiger partial charge on any atom is -0.465 e. The molecule has 0 unspecified atom stereocenters. The Balaban J connectivity index is 3.41. The Hall–Kier alpha value is -1.56. The van der Waals surface area contributed by atoms with Crippen molar-refractivity contribution in [1.29, 1.82) is 5.41 Å². The highest BCUT2D eigenvalue weighted by atomic mass is 79.9. The maximum absolute atomic E-state index is 11.3. The van der Waals surface area contributed by atoms with Crippen LogP contribution in [0.4, 0.5) is 5.69 Å². The third kappa shape index (κ3) is 2.27. The SMILES string of the molecule is COC(=O)c1cc(Br)cc(C(=N)N)c1N. The number of hydrogen-bond acceptors (Lipinski definition) is 4. The largest absolute Gasteiger partial charge is 0.465 e. The maximum Gasteiger partial charge on any atom is 0.340 e. The minimum atomic E-state index is -0.559. The number of ether oxygens (including phenoxy) is 1. The molecule has 0 saturated heterocycles. The van der Waals surface area contributed by atoms with Crippen molar-refractivity contribution >= 4 is 33.4 Å². The van der Waals surface area contributed by atoms with E-state index in [1.165, 1.54) is 13.2 Å². The number of halogens is 1. The van der Waals surface area contributed by atoms with Crippen molar-refractivity contribution in [2.75, 3.05) is 12.8 Å². The van der Waals surface area contributed by atoms with Gasteiger partial charge >= 0.3 is 5.97 Å². The number of esters is 1. The molecule has 15 heavy (non-hydrogen) atoms. The first-order valence-corrected chi connectivity index (χ1v) is 4.78. The van der Waals surface area contributed by atoms with Gasteiger partial charge in [0.05, 0.1) is 18.4 Å². The molecule has 0 bridgehead atoms. The fourth-order valence-corrected chi connectivity index (χ4v) is 1.58. The second-order valence-electron chi connectivity index (χ2n) is 2.82. The van der Waals surface area contributed by atoms with Gasteiger partial charge in [-0.15, -0.1) is 0 Å². The van der Waals surface area contributed by atoms with Crippen LogP contribution in [0, 0.1) is 5.41 Å². The van der Waals surface area contributed by atoms with Crippen molar-refractivity contribution < 1.29 is 9.53 Å². The van der Waals surface area contributed by atoms with E-state index in [0.717, 1.165) is 0 Å². The van der Waals surface area contributed by atoms with Gasteiger partial charge in [0.25, 0.3) is 0 Å². The molecule has 0 radical (unpaired) electrons. The number of nitrogens with two attached hydrogens (primary N) is 2. The highest BCUT2D eigenvalue weighted by molar-refractivity contribution is 9.10. The van der Waals surface area contributed by atoms with Crippen molar-refractivity contribution in [3.05, 3.63) is 27.7 Å². The predicted molar refractivity (Wildman–Crippen MR) is 60.9 cm³/mol. The molecule has 0 aliphatic heterocycles. The number of methoxy groups -OCH3 is 1. The molecule has 0 aliphatic rings. The molecule has 1 aromatic rings. The fraction of sp³-hybridized carbons (Fsp3) is 0.111. The van der Waals surface area contributed by atoms with E-state index in [4.69, 9.17) is 16.9 Å². The molecule has 5 nitrogen and oxygen atoms in total. The molecule has 1 aromatic carbocycles. The van der Waals surface area contributed by atoms with Gasteiger partial charge in [0.15, 0.2) is 0 Å². The number of carbonyl (C=O) groups excluding carboxylic acids is 1. The highest BCUT2D eigenvalue weighted by Gasteiger charge is 2.15. The summed E-state index contributed by atoms with van der Waals surface area (Å²) in [6.07, 6.45) is 0. The standard InChI is InChI=1S/C9H10BrN3O2/c1-15-9(14)6-3-4(10)2-5(7(6)11)8(12)13/h2-3H,11H2,1H3,(H3,12,13). The third-order valence-corrected chi connectivity index (χ3v) is 2.30. The molecular weight excluding hydrogens is 262 g/mol. The number of hydrogen-bond donors (Lipinski definition) is 3. The summed E-state index contributed by atoms with van der Waals surface area (Å²) in [6.45, 7) is 0. The van der Waals surface area contributed by atoms with Gasteiger partial charge in [-0.2, -0.15) is 0 Å². The molecule has 6 heteroatoms. The molecule has 0 atom stereocenters. The highest BCUT2D eigenvalue weighted by Crippen LogP contribution is 2.24. The molecule has 0 amide bonds. The third-order valence-electron chi connectivity index (χ3n) is 1.84. The van der Waals surface area contributed by atoms with E-state index in [1.807, 2.05) is 0 Å². The first-order chi connectivity index (χ1) is 6.97.